The molecule has 0 bridgehead atoms. The number of thiophene rings is 1. The number of hydrogen-bond donors (Lipinski definition) is 1. The third-order valence-electron chi connectivity index (χ3n) is 3.60. The lowest BCUT2D eigenvalue weighted by molar-refractivity contribution is 0.534. The summed E-state index contributed by atoms with van der Waals surface area (Å²) in [6, 6.07) is 7.91. The molecule has 0 saturated carbocycles. The highest BCUT2D eigenvalue weighted by molar-refractivity contribution is 7.07. The summed E-state index contributed by atoms with van der Waals surface area (Å²) >= 11 is 1.74. The van der Waals surface area contributed by atoms with Gasteiger partial charge in [-0.05, 0) is 65.4 Å². The molecule has 1 aromatic carbocycles. The zero-order chi connectivity index (χ0) is 12.4. The molecule has 0 aliphatic heterocycles. The molecule has 3 rings (SSSR count). The summed E-state index contributed by atoms with van der Waals surface area (Å²) < 4.78 is 13.6. The molecule has 1 heterocycles. The quantitative estimate of drug-likeness (QED) is 0.884. The minimum atomic E-state index is -0.0466. The Balaban J connectivity index is 1.61. The molecule has 0 radical (unpaired) electrons. The molecule has 1 aliphatic carbocycles. The van der Waals surface area contributed by atoms with E-state index in [-0.39, 0.29) is 5.82 Å². The van der Waals surface area contributed by atoms with Crippen molar-refractivity contribution in [2.24, 2.45) is 0 Å². The molecule has 0 fully saturated rings. The zero-order valence-corrected chi connectivity index (χ0v) is 11.0. The Bertz CT molecular complexity index is 521. The van der Waals surface area contributed by atoms with Gasteiger partial charge in [0, 0.05) is 6.04 Å². The van der Waals surface area contributed by atoms with Gasteiger partial charge in [0.25, 0.3) is 0 Å². The summed E-state index contributed by atoms with van der Waals surface area (Å²) in [5.74, 6) is -0.0466. The van der Waals surface area contributed by atoms with Crippen LogP contribution in [0.1, 0.15) is 29.2 Å². The summed E-state index contributed by atoms with van der Waals surface area (Å²) in [5, 5.41) is 7.83. The first-order valence-corrected chi connectivity index (χ1v) is 7.30. The van der Waals surface area contributed by atoms with E-state index in [1.165, 1.54) is 5.56 Å². The maximum atomic E-state index is 13.6. The van der Waals surface area contributed by atoms with Gasteiger partial charge in [0.1, 0.15) is 5.82 Å². The smallest absolute Gasteiger partial charge is 0.126 e. The monoisotopic (exact) mass is 261 g/mol. The van der Waals surface area contributed by atoms with Crippen molar-refractivity contribution in [2.45, 2.75) is 25.3 Å². The number of benzene rings is 1. The second-order valence-electron chi connectivity index (χ2n) is 4.73. The van der Waals surface area contributed by atoms with Gasteiger partial charge in [-0.25, -0.2) is 4.39 Å². The molecule has 94 valence electrons. The number of halogens is 1. The summed E-state index contributed by atoms with van der Waals surface area (Å²) in [6.07, 6.45) is 2.92. The Kier molecular flexibility index (Phi) is 3.43. The van der Waals surface area contributed by atoms with E-state index in [1.807, 2.05) is 12.1 Å². The van der Waals surface area contributed by atoms with Crippen molar-refractivity contribution in [3.63, 3.8) is 0 Å². The SMILES string of the molecule is Fc1cccc2c1CCC2NCCc1ccsc1. The Morgan fingerprint density at radius 3 is 3.11 bits per heavy atom. The molecule has 1 unspecified atom stereocenters. The first-order valence-electron chi connectivity index (χ1n) is 6.36. The molecule has 1 atom stereocenters. The highest BCUT2D eigenvalue weighted by atomic mass is 32.1. The van der Waals surface area contributed by atoms with E-state index in [9.17, 15) is 4.39 Å². The first kappa shape index (κ1) is 11.9. The van der Waals surface area contributed by atoms with E-state index in [4.69, 9.17) is 0 Å². The van der Waals surface area contributed by atoms with Crippen molar-refractivity contribution >= 4 is 11.3 Å². The lowest BCUT2D eigenvalue weighted by Gasteiger charge is -2.13. The molecule has 0 saturated heterocycles. The fraction of sp³-hybridized carbons (Fsp3) is 0.333. The number of fused-ring (bicyclic) bond motifs is 1. The van der Waals surface area contributed by atoms with Gasteiger partial charge in [-0.2, -0.15) is 11.3 Å². The van der Waals surface area contributed by atoms with E-state index < -0.39 is 0 Å². The summed E-state index contributed by atoms with van der Waals surface area (Å²) in [6.45, 7) is 0.956. The van der Waals surface area contributed by atoms with Crippen molar-refractivity contribution in [1.29, 1.82) is 0 Å². The molecule has 1 aromatic heterocycles. The van der Waals surface area contributed by atoms with E-state index in [0.717, 1.165) is 36.9 Å². The third kappa shape index (κ3) is 2.33. The van der Waals surface area contributed by atoms with Crippen LogP contribution in [-0.4, -0.2) is 6.54 Å². The van der Waals surface area contributed by atoms with Gasteiger partial charge >= 0.3 is 0 Å². The van der Waals surface area contributed by atoms with Crippen molar-refractivity contribution in [2.75, 3.05) is 6.54 Å². The van der Waals surface area contributed by atoms with Crippen molar-refractivity contribution < 1.29 is 4.39 Å². The van der Waals surface area contributed by atoms with Crippen LogP contribution in [0.4, 0.5) is 4.39 Å². The molecule has 2 aromatic rings. The van der Waals surface area contributed by atoms with Crippen LogP contribution in [-0.2, 0) is 12.8 Å². The van der Waals surface area contributed by atoms with E-state index >= 15 is 0 Å². The van der Waals surface area contributed by atoms with Crippen molar-refractivity contribution in [3.8, 4) is 0 Å². The second-order valence-corrected chi connectivity index (χ2v) is 5.51. The highest BCUT2D eigenvalue weighted by Gasteiger charge is 2.23. The van der Waals surface area contributed by atoms with Crippen molar-refractivity contribution in [1.82, 2.24) is 5.32 Å². The van der Waals surface area contributed by atoms with Gasteiger partial charge in [-0.15, -0.1) is 0 Å². The second kappa shape index (κ2) is 5.21. The van der Waals surface area contributed by atoms with Gasteiger partial charge in [0.05, 0.1) is 0 Å². The fourth-order valence-electron chi connectivity index (χ4n) is 2.65. The number of hydrogen-bond acceptors (Lipinski definition) is 2. The minimum Gasteiger partial charge on any atom is -0.310 e. The van der Waals surface area contributed by atoms with Gasteiger partial charge in [0.15, 0.2) is 0 Å². The Labute approximate surface area is 111 Å². The standard InChI is InChI=1S/C15H16FNS/c16-14-3-1-2-13-12(14)4-5-15(13)17-8-6-11-7-9-18-10-11/h1-3,7,9-10,15,17H,4-6,8H2. The predicted octanol–water partition coefficient (Wildman–Crippen LogP) is 3.71. The minimum absolute atomic E-state index is 0.0466. The molecule has 1 N–H and O–H groups in total. The summed E-state index contributed by atoms with van der Waals surface area (Å²) in [7, 11) is 0. The van der Waals surface area contributed by atoms with Crippen LogP contribution in [0, 0.1) is 5.82 Å². The van der Waals surface area contributed by atoms with E-state index in [0.29, 0.717) is 6.04 Å². The van der Waals surface area contributed by atoms with Crippen LogP contribution in [0.2, 0.25) is 0 Å². The largest absolute Gasteiger partial charge is 0.310 e. The Morgan fingerprint density at radius 1 is 1.33 bits per heavy atom. The van der Waals surface area contributed by atoms with Crippen LogP contribution in [0.25, 0.3) is 0 Å². The lowest BCUT2D eigenvalue weighted by atomic mass is 10.1. The molecular formula is C15H16FNS. The van der Waals surface area contributed by atoms with Crippen molar-refractivity contribution in [3.05, 3.63) is 57.5 Å². The fourth-order valence-corrected chi connectivity index (χ4v) is 3.35. The van der Waals surface area contributed by atoms with Crippen LogP contribution in [0.5, 0.6) is 0 Å². The van der Waals surface area contributed by atoms with Gasteiger partial charge in [-0.3, -0.25) is 0 Å². The van der Waals surface area contributed by atoms with E-state index in [2.05, 4.69) is 22.1 Å². The maximum Gasteiger partial charge on any atom is 0.126 e. The normalized spacial score (nSPS) is 17.9. The molecule has 1 nitrogen and oxygen atoms in total. The first-order chi connectivity index (χ1) is 8.84. The zero-order valence-electron chi connectivity index (χ0n) is 10.2. The lowest BCUT2D eigenvalue weighted by Crippen LogP contribution is -2.21. The Morgan fingerprint density at radius 2 is 2.28 bits per heavy atom. The van der Waals surface area contributed by atoms with Crippen LogP contribution in [0.15, 0.2) is 35.0 Å². The highest BCUT2D eigenvalue weighted by Crippen LogP contribution is 2.32. The summed E-state index contributed by atoms with van der Waals surface area (Å²) in [4.78, 5) is 0. The Hall–Kier alpha value is -1.19. The topological polar surface area (TPSA) is 12.0 Å². The van der Waals surface area contributed by atoms with Crippen LogP contribution >= 0.6 is 11.3 Å². The van der Waals surface area contributed by atoms with Crippen LogP contribution in [0.3, 0.4) is 0 Å². The average molecular weight is 261 g/mol. The molecule has 3 heteroatoms. The maximum absolute atomic E-state index is 13.6. The van der Waals surface area contributed by atoms with E-state index in [1.54, 1.807) is 17.4 Å². The number of nitrogens with one attached hydrogen (secondary N) is 1. The third-order valence-corrected chi connectivity index (χ3v) is 4.33. The molecule has 0 amide bonds. The summed E-state index contributed by atoms with van der Waals surface area (Å²) in [5.41, 5.74) is 3.44. The molecule has 18 heavy (non-hydrogen) atoms. The molecule has 1 aliphatic rings. The van der Waals surface area contributed by atoms with Gasteiger partial charge in [-0.1, -0.05) is 12.1 Å². The van der Waals surface area contributed by atoms with Crippen LogP contribution < -0.4 is 5.32 Å². The predicted molar refractivity (Wildman–Crippen MR) is 73.5 cm³/mol. The number of rotatable bonds is 4. The van der Waals surface area contributed by atoms with Gasteiger partial charge in [0.2, 0.25) is 0 Å². The molecular weight excluding hydrogens is 245 g/mol. The van der Waals surface area contributed by atoms with Gasteiger partial charge < -0.3 is 5.32 Å². The average Bonchev–Trinajstić information content (AvgIpc) is 3.00. The molecule has 0 spiro atoms.